The van der Waals surface area contributed by atoms with Crippen molar-refractivity contribution in [3.8, 4) is 10.6 Å². The van der Waals surface area contributed by atoms with E-state index in [4.69, 9.17) is 11.6 Å². The van der Waals surface area contributed by atoms with E-state index < -0.39 is 0 Å². The number of nitrogens with zero attached hydrogens (tertiary/aromatic N) is 3. The van der Waals surface area contributed by atoms with Gasteiger partial charge in [-0.2, -0.15) is 0 Å². The van der Waals surface area contributed by atoms with Crippen molar-refractivity contribution in [1.29, 1.82) is 0 Å². The minimum atomic E-state index is -0.0417. The average molecular weight is 442 g/mol. The van der Waals surface area contributed by atoms with Gasteiger partial charge in [-0.05, 0) is 43.7 Å². The highest BCUT2D eigenvalue weighted by Gasteiger charge is 2.21. The Morgan fingerprint density at radius 1 is 1.00 bits per heavy atom. The van der Waals surface area contributed by atoms with Gasteiger partial charge in [-0.3, -0.25) is 9.59 Å². The summed E-state index contributed by atoms with van der Waals surface area (Å²) in [5.74, 6) is -0.0823. The Balaban J connectivity index is 1.78. The Bertz CT molecular complexity index is 1040. The lowest BCUT2D eigenvalue weighted by Crippen LogP contribution is -2.30. The molecule has 2 aromatic carbocycles. The van der Waals surface area contributed by atoms with E-state index in [9.17, 15) is 9.59 Å². The summed E-state index contributed by atoms with van der Waals surface area (Å²) in [5.41, 5.74) is 3.26. The predicted molar refractivity (Wildman–Crippen MR) is 122 cm³/mol. The first-order chi connectivity index (χ1) is 14.3. The molecule has 0 radical (unpaired) electrons. The largest absolute Gasteiger partial charge is 0.345 e. The van der Waals surface area contributed by atoms with Gasteiger partial charge in [-0.15, -0.1) is 11.3 Å². The summed E-state index contributed by atoms with van der Waals surface area (Å²) in [6, 6.07) is 14.8. The van der Waals surface area contributed by atoms with Crippen molar-refractivity contribution in [2.45, 2.75) is 20.4 Å². The third kappa shape index (κ3) is 4.89. The number of hydrogen-bond donors (Lipinski definition) is 0. The van der Waals surface area contributed by atoms with Crippen LogP contribution >= 0.6 is 22.9 Å². The molecule has 0 aliphatic carbocycles. The molecule has 2 amide bonds. The van der Waals surface area contributed by atoms with Crippen molar-refractivity contribution in [1.82, 2.24) is 14.8 Å². The predicted octanol–water partition coefficient (Wildman–Crippen LogP) is 5.14. The Hall–Kier alpha value is -2.70. The standard InChI is InChI=1S/C23H24ClN3O2S/c1-5-27(14-16-6-8-18(9-7-16)22(28)26(3)4)23(29)20-15(2)25-21(30-20)17-10-12-19(24)13-11-17/h6-13H,5,14H2,1-4H3. The van der Waals surface area contributed by atoms with Gasteiger partial charge in [0, 0.05) is 43.3 Å². The lowest BCUT2D eigenvalue weighted by atomic mass is 10.1. The van der Waals surface area contributed by atoms with Crippen LogP contribution in [0.5, 0.6) is 0 Å². The molecule has 0 aliphatic heterocycles. The zero-order valence-electron chi connectivity index (χ0n) is 17.5. The highest BCUT2D eigenvalue weighted by atomic mass is 35.5. The van der Waals surface area contributed by atoms with Crippen LogP contribution in [0.3, 0.4) is 0 Å². The smallest absolute Gasteiger partial charge is 0.266 e. The molecule has 156 valence electrons. The van der Waals surface area contributed by atoms with Gasteiger partial charge in [-0.1, -0.05) is 35.9 Å². The molecule has 7 heteroatoms. The van der Waals surface area contributed by atoms with E-state index in [-0.39, 0.29) is 11.8 Å². The van der Waals surface area contributed by atoms with E-state index in [0.717, 1.165) is 21.8 Å². The van der Waals surface area contributed by atoms with Crippen LogP contribution in [-0.2, 0) is 6.54 Å². The average Bonchev–Trinajstić information content (AvgIpc) is 3.13. The summed E-state index contributed by atoms with van der Waals surface area (Å²) in [5, 5.41) is 1.47. The number of carbonyl (C=O) groups is 2. The van der Waals surface area contributed by atoms with Crippen LogP contribution in [0.25, 0.3) is 10.6 Å². The molecule has 1 heterocycles. The summed E-state index contributed by atoms with van der Waals surface area (Å²) in [6.07, 6.45) is 0. The molecular weight excluding hydrogens is 418 g/mol. The lowest BCUT2D eigenvalue weighted by molar-refractivity contribution is 0.0755. The lowest BCUT2D eigenvalue weighted by Gasteiger charge is -2.21. The van der Waals surface area contributed by atoms with Crippen molar-refractivity contribution in [3.63, 3.8) is 0 Å². The van der Waals surface area contributed by atoms with Gasteiger partial charge in [0.1, 0.15) is 9.88 Å². The molecule has 0 atom stereocenters. The topological polar surface area (TPSA) is 53.5 Å². The number of thiazole rings is 1. The molecule has 0 saturated carbocycles. The minimum absolute atomic E-state index is 0.0406. The van der Waals surface area contributed by atoms with Crippen molar-refractivity contribution < 1.29 is 9.59 Å². The Morgan fingerprint density at radius 3 is 2.20 bits per heavy atom. The minimum Gasteiger partial charge on any atom is -0.345 e. The third-order valence-electron chi connectivity index (χ3n) is 4.73. The highest BCUT2D eigenvalue weighted by Crippen LogP contribution is 2.30. The van der Waals surface area contributed by atoms with E-state index in [0.29, 0.717) is 28.6 Å². The van der Waals surface area contributed by atoms with E-state index in [2.05, 4.69) is 4.98 Å². The van der Waals surface area contributed by atoms with E-state index in [1.165, 1.54) is 11.3 Å². The number of aryl methyl sites for hydroxylation is 1. The van der Waals surface area contributed by atoms with Crippen LogP contribution in [0, 0.1) is 6.92 Å². The molecule has 30 heavy (non-hydrogen) atoms. The summed E-state index contributed by atoms with van der Waals surface area (Å²) in [6.45, 7) is 4.86. The second-order valence-corrected chi connectivity index (χ2v) is 8.59. The van der Waals surface area contributed by atoms with Gasteiger partial charge in [-0.25, -0.2) is 4.98 Å². The van der Waals surface area contributed by atoms with Gasteiger partial charge in [0.05, 0.1) is 5.69 Å². The molecule has 0 fully saturated rings. The van der Waals surface area contributed by atoms with Crippen LogP contribution in [0.4, 0.5) is 0 Å². The fraction of sp³-hybridized carbons (Fsp3) is 0.261. The molecular formula is C23H24ClN3O2S. The molecule has 0 bridgehead atoms. The number of hydrogen-bond acceptors (Lipinski definition) is 4. The summed E-state index contributed by atoms with van der Waals surface area (Å²) in [7, 11) is 3.45. The SMILES string of the molecule is CCN(Cc1ccc(C(=O)N(C)C)cc1)C(=O)c1sc(-c2ccc(Cl)cc2)nc1C. The number of amides is 2. The molecule has 0 unspecified atom stereocenters. The molecule has 5 nitrogen and oxygen atoms in total. The number of aromatic nitrogens is 1. The van der Waals surface area contributed by atoms with Crippen molar-refractivity contribution in [3.05, 3.63) is 75.3 Å². The van der Waals surface area contributed by atoms with Crippen molar-refractivity contribution in [2.24, 2.45) is 0 Å². The van der Waals surface area contributed by atoms with Crippen LogP contribution in [-0.4, -0.2) is 47.2 Å². The van der Waals surface area contributed by atoms with E-state index >= 15 is 0 Å². The fourth-order valence-corrected chi connectivity index (χ4v) is 4.18. The monoisotopic (exact) mass is 441 g/mol. The van der Waals surface area contributed by atoms with Crippen molar-refractivity contribution in [2.75, 3.05) is 20.6 Å². The molecule has 0 N–H and O–H groups in total. The Kier molecular flexibility index (Phi) is 6.90. The summed E-state index contributed by atoms with van der Waals surface area (Å²) >= 11 is 7.36. The first-order valence-corrected chi connectivity index (χ1v) is 10.8. The van der Waals surface area contributed by atoms with Crippen LogP contribution in [0.2, 0.25) is 5.02 Å². The number of rotatable bonds is 6. The zero-order valence-corrected chi connectivity index (χ0v) is 19.0. The van der Waals surface area contributed by atoms with E-state index in [1.807, 2.05) is 50.2 Å². The molecule has 0 saturated heterocycles. The first-order valence-electron chi connectivity index (χ1n) is 9.63. The molecule has 0 aliphatic rings. The van der Waals surface area contributed by atoms with Crippen molar-refractivity contribution >= 4 is 34.8 Å². The molecule has 0 spiro atoms. The number of benzene rings is 2. The van der Waals surface area contributed by atoms with Gasteiger partial charge >= 0.3 is 0 Å². The maximum atomic E-state index is 13.2. The molecule has 1 aromatic heterocycles. The number of carbonyl (C=O) groups excluding carboxylic acids is 2. The maximum absolute atomic E-state index is 13.2. The van der Waals surface area contributed by atoms with Gasteiger partial charge in [0.25, 0.3) is 11.8 Å². The van der Waals surface area contributed by atoms with Crippen LogP contribution < -0.4 is 0 Å². The summed E-state index contributed by atoms with van der Waals surface area (Å²) < 4.78 is 0. The quantitative estimate of drug-likeness (QED) is 0.532. The fourth-order valence-electron chi connectivity index (χ4n) is 3.01. The Morgan fingerprint density at radius 2 is 1.63 bits per heavy atom. The molecule has 3 rings (SSSR count). The third-order valence-corrected chi connectivity index (χ3v) is 6.18. The highest BCUT2D eigenvalue weighted by molar-refractivity contribution is 7.17. The van der Waals surface area contributed by atoms with Crippen LogP contribution in [0.1, 0.15) is 38.2 Å². The first kappa shape index (κ1) is 22.0. The van der Waals surface area contributed by atoms with E-state index in [1.54, 1.807) is 36.0 Å². The zero-order chi connectivity index (χ0) is 21.8. The number of halogens is 1. The molecule has 3 aromatic rings. The summed E-state index contributed by atoms with van der Waals surface area (Å²) in [4.78, 5) is 33.8. The van der Waals surface area contributed by atoms with Gasteiger partial charge in [0.15, 0.2) is 0 Å². The van der Waals surface area contributed by atoms with Gasteiger partial charge < -0.3 is 9.80 Å². The second-order valence-electron chi connectivity index (χ2n) is 7.16. The normalized spacial score (nSPS) is 10.7. The van der Waals surface area contributed by atoms with Gasteiger partial charge in [0.2, 0.25) is 0 Å². The Labute approximate surface area is 185 Å². The van der Waals surface area contributed by atoms with Crippen LogP contribution in [0.15, 0.2) is 48.5 Å². The maximum Gasteiger partial charge on any atom is 0.266 e. The second kappa shape index (κ2) is 9.41.